The van der Waals surface area contributed by atoms with Crippen molar-refractivity contribution in [2.24, 2.45) is 0 Å². The largest absolute Gasteiger partial charge is 0.828 e. The minimum Gasteiger partial charge on any atom is -0.828 e. The van der Waals surface area contributed by atoms with Crippen molar-refractivity contribution in [3.63, 3.8) is 0 Å². The number of alkyl halides is 6. The van der Waals surface area contributed by atoms with Crippen LogP contribution in [0.4, 0.5) is 26.3 Å². The number of rotatable bonds is 11. The minimum absolute atomic E-state index is 0.101. The summed E-state index contributed by atoms with van der Waals surface area (Å²) in [6.45, 7) is 2.94. The Hall–Kier alpha value is -1.25. The van der Waals surface area contributed by atoms with E-state index in [1.165, 1.54) is 0 Å². The van der Waals surface area contributed by atoms with E-state index in [0.717, 1.165) is 32.1 Å². The van der Waals surface area contributed by atoms with E-state index in [1.54, 1.807) is 0 Å². The molecule has 3 nitrogen and oxygen atoms in total. The normalized spacial score (nSPS) is 13.0. The van der Waals surface area contributed by atoms with Gasteiger partial charge in [0.15, 0.2) is 5.60 Å². The zero-order chi connectivity index (χ0) is 18.9. The lowest BCUT2D eigenvalue weighted by molar-refractivity contribution is -0.574. The molecule has 9 heteroatoms. The molecule has 0 atom stereocenters. The summed E-state index contributed by atoms with van der Waals surface area (Å²) in [4.78, 5) is 11.0. The highest BCUT2D eigenvalue weighted by Crippen LogP contribution is 2.41. The van der Waals surface area contributed by atoms with E-state index in [-0.39, 0.29) is 6.42 Å². The molecule has 0 heterocycles. The van der Waals surface area contributed by atoms with Crippen LogP contribution >= 0.6 is 0 Å². The number of ether oxygens (including phenoxy) is 1. The predicted molar refractivity (Wildman–Crippen MR) is 72.9 cm³/mol. The number of hydrogen-bond donors (Lipinski definition) is 0. The molecule has 0 bridgehead atoms. The van der Waals surface area contributed by atoms with Gasteiger partial charge in [-0.3, -0.25) is 4.79 Å². The summed E-state index contributed by atoms with van der Waals surface area (Å²) < 4.78 is 77.8. The third kappa shape index (κ3) is 6.70. The highest BCUT2D eigenvalue weighted by Gasteiger charge is 2.68. The summed E-state index contributed by atoms with van der Waals surface area (Å²) in [5, 5.41) is 11.0. The molecule has 0 unspecified atom stereocenters. The van der Waals surface area contributed by atoms with Crippen molar-refractivity contribution >= 4 is 5.97 Å². The third-order valence-electron chi connectivity index (χ3n) is 3.37. The molecule has 0 saturated carbocycles. The summed E-state index contributed by atoms with van der Waals surface area (Å²) in [6.07, 6.45) is -4.74. The van der Waals surface area contributed by atoms with E-state index < -0.39 is 30.5 Å². The van der Waals surface area contributed by atoms with Gasteiger partial charge in [-0.05, 0) is 19.3 Å². The molecule has 0 aromatic rings. The topological polar surface area (TPSA) is 49.4 Å². The third-order valence-corrected chi connectivity index (χ3v) is 3.37. The number of hydrogen-bond acceptors (Lipinski definition) is 3. The van der Waals surface area contributed by atoms with Gasteiger partial charge in [0, 0.05) is 0 Å². The smallest absolute Gasteiger partial charge is 0.399 e. The fraction of sp³-hybridized carbons (Fsp3) is 0.800. The molecule has 0 aliphatic carbocycles. The summed E-state index contributed by atoms with van der Waals surface area (Å²) in [5.41, 5.74) is -5.74. The van der Waals surface area contributed by atoms with Crippen LogP contribution in [-0.4, -0.2) is 30.5 Å². The Bertz CT molecular complexity index is 376. The van der Waals surface area contributed by atoms with Crippen molar-refractivity contribution in [1.29, 1.82) is 0 Å². The van der Waals surface area contributed by atoms with Crippen molar-refractivity contribution in [2.75, 3.05) is 6.61 Å². The summed E-state index contributed by atoms with van der Waals surface area (Å²) in [7, 11) is 0. The molecule has 0 N–H and O–H groups in total. The van der Waals surface area contributed by atoms with Crippen molar-refractivity contribution in [2.45, 2.75) is 69.3 Å². The SMILES string of the molecule is C=CCCCCCCCCCOC(=O)C([O-])(C(F)(F)F)C(F)(F)F. The van der Waals surface area contributed by atoms with E-state index in [1.807, 2.05) is 6.08 Å². The molecule has 142 valence electrons. The fourth-order valence-corrected chi connectivity index (χ4v) is 1.93. The lowest BCUT2D eigenvalue weighted by Crippen LogP contribution is -2.71. The Morgan fingerprint density at radius 2 is 1.29 bits per heavy atom. The van der Waals surface area contributed by atoms with Crippen LogP contribution < -0.4 is 5.11 Å². The fourth-order valence-electron chi connectivity index (χ4n) is 1.93. The van der Waals surface area contributed by atoms with Gasteiger partial charge in [-0.15, -0.1) is 6.58 Å². The minimum atomic E-state index is -6.31. The molecular formula is C15H21F6O3-. The Morgan fingerprint density at radius 3 is 1.71 bits per heavy atom. The number of carbonyl (C=O) groups is 1. The van der Waals surface area contributed by atoms with Gasteiger partial charge in [0.2, 0.25) is 0 Å². The highest BCUT2D eigenvalue weighted by molar-refractivity contribution is 5.81. The lowest BCUT2D eigenvalue weighted by atomic mass is 10.0. The highest BCUT2D eigenvalue weighted by atomic mass is 19.4. The second-order valence-corrected chi connectivity index (χ2v) is 5.36. The van der Waals surface area contributed by atoms with Crippen molar-refractivity contribution in [3.05, 3.63) is 12.7 Å². The summed E-state index contributed by atoms with van der Waals surface area (Å²) in [5.74, 6) is -2.85. The molecule has 0 aliphatic heterocycles. The van der Waals surface area contributed by atoms with Gasteiger partial charge < -0.3 is 9.84 Å². The van der Waals surface area contributed by atoms with Crippen LogP contribution in [0.25, 0.3) is 0 Å². The van der Waals surface area contributed by atoms with Crippen LogP contribution in [0.5, 0.6) is 0 Å². The molecule has 0 amide bonds. The van der Waals surface area contributed by atoms with E-state index in [4.69, 9.17) is 0 Å². The second-order valence-electron chi connectivity index (χ2n) is 5.36. The van der Waals surface area contributed by atoms with Crippen LogP contribution in [-0.2, 0) is 9.53 Å². The predicted octanol–water partition coefficient (Wildman–Crippen LogP) is 4.06. The Morgan fingerprint density at radius 1 is 0.875 bits per heavy atom. The van der Waals surface area contributed by atoms with E-state index in [2.05, 4.69) is 11.3 Å². The molecule has 0 aliphatic rings. The van der Waals surface area contributed by atoms with Crippen molar-refractivity contribution in [3.8, 4) is 0 Å². The molecular weight excluding hydrogens is 342 g/mol. The van der Waals surface area contributed by atoms with E-state index in [0.29, 0.717) is 12.8 Å². The van der Waals surface area contributed by atoms with Crippen LogP contribution in [0.2, 0.25) is 0 Å². The van der Waals surface area contributed by atoms with Crippen LogP contribution in [0.15, 0.2) is 12.7 Å². The zero-order valence-electron chi connectivity index (χ0n) is 13.1. The van der Waals surface area contributed by atoms with E-state index in [9.17, 15) is 36.2 Å². The van der Waals surface area contributed by atoms with Gasteiger partial charge in [-0.25, -0.2) is 0 Å². The standard InChI is InChI=1S/C15H21F6O3/c1-2-3-4-5-6-7-8-9-10-11-24-12(22)13(23,14(16,17)18)15(19,20)21/h2H,1,3-11H2/q-1. The van der Waals surface area contributed by atoms with Crippen LogP contribution in [0, 0.1) is 0 Å². The van der Waals surface area contributed by atoms with Gasteiger partial charge in [0.1, 0.15) is 0 Å². The average molecular weight is 363 g/mol. The first-order valence-electron chi connectivity index (χ1n) is 7.60. The number of carbonyl (C=O) groups excluding carboxylic acids is 1. The second kappa shape index (κ2) is 9.90. The van der Waals surface area contributed by atoms with Gasteiger partial charge in [-0.2, -0.15) is 26.3 Å². The Balaban J connectivity index is 4.10. The molecule has 0 spiro atoms. The number of unbranched alkanes of at least 4 members (excludes halogenated alkanes) is 7. The first-order valence-corrected chi connectivity index (χ1v) is 7.60. The molecule has 0 radical (unpaired) electrons. The maximum absolute atomic E-state index is 12.3. The first kappa shape index (κ1) is 22.8. The van der Waals surface area contributed by atoms with Gasteiger partial charge in [0.25, 0.3) is 0 Å². The van der Waals surface area contributed by atoms with Gasteiger partial charge in [0.05, 0.1) is 6.61 Å². The molecule has 24 heavy (non-hydrogen) atoms. The molecule has 0 fully saturated rings. The Labute approximate surface area is 136 Å². The van der Waals surface area contributed by atoms with Crippen molar-refractivity contribution < 1.29 is 41.0 Å². The maximum atomic E-state index is 12.3. The molecule has 0 saturated heterocycles. The lowest BCUT2D eigenvalue weighted by Gasteiger charge is -2.40. The number of halogens is 6. The first-order chi connectivity index (χ1) is 11.0. The summed E-state index contributed by atoms with van der Waals surface area (Å²) in [6, 6.07) is 0. The summed E-state index contributed by atoms with van der Waals surface area (Å²) >= 11 is 0. The number of esters is 1. The molecule has 0 aromatic carbocycles. The van der Waals surface area contributed by atoms with Crippen LogP contribution in [0.3, 0.4) is 0 Å². The van der Waals surface area contributed by atoms with Crippen molar-refractivity contribution in [1.82, 2.24) is 0 Å². The van der Waals surface area contributed by atoms with Gasteiger partial charge >= 0.3 is 18.3 Å². The van der Waals surface area contributed by atoms with Crippen LogP contribution in [0.1, 0.15) is 51.4 Å². The average Bonchev–Trinajstić information content (AvgIpc) is 2.45. The molecule has 0 aromatic heterocycles. The zero-order valence-corrected chi connectivity index (χ0v) is 13.1. The Kier molecular flexibility index (Phi) is 9.39. The maximum Gasteiger partial charge on any atom is 0.399 e. The number of allylic oxidation sites excluding steroid dienone is 1. The van der Waals surface area contributed by atoms with Gasteiger partial charge in [-0.1, -0.05) is 38.2 Å². The molecule has 0 rings (SSSR count). The van der Waals surface area contributed by atoms with E-state index >= 15 is 0 Å². The monoisotopic (exact) mass is 363 g/mol. The quantitative estimate of drug-likeness (QED) is 0.241.